The van der Waals surface area contributed by atoms with Crippen LogP contribution in [0.25, 0.3) is 0 Å². The molecular formula is C29H40N2O5. The maximum Gasteiger partial charge on any atom is 0.272 e. The van der Waals surface area contributed by atoms with Crippen LogP contribution in [0.3, 0.4) is 0 Å². The number of hydrogen-bond donors (Lipinski definition) is 0. The summed E-state index contributed by atoms with van der Waals surface area (Å²) in [4.78, 5) is 18.2. The lowest BCUT2D eigenvalue weighted by molar-refractivity contribution is -0.126. The highest BCUT2D eigenvalue weighted by atomic mass is 16.5. The zero-order valence-corrected chi connectivity index (χ0v) is 22.3. The Balaban J connectivity index is 1.47. The van der Waals surface area contributed by atoms with Gasteiger partial charge in [-0.25, -0.2) is 0 Å². The number of rotatable bonds is 10. The molecule has 2 heterocycles. The van der Waals surface area contributed by atoms with E-state index >= 15 is 0 Å². The van der Waals surface area contributed by atoms with Crippen LogP contribution in [-0.2, 0) is 4.79 Å². The first-order chi connectivity index (χ1) is 17.5. The SMILES string of the molecule is COc1cc(C2Oc3ccccc3N(CCCCCN3C(C)CCCC3C)C2=O)cc(OC)c1OC. The Morgan fingerprint density at radius 1 is 0.889 bits per heavy atom. The van der Waals surface area contributed by atoms with Crippen LogP contribution in [0.5, 0.6) is 23.0 Å². The summed E-state index contributed by atoms with van der Waals surface area (Å²) in [6.45, 7) is 6.49. The highest BCUT2D eigenvalue weighted by Gasteiger charge is 2.36. The van der Waals surface area contributed by atoms with Crippen molar-refractivity contribution in [3.8, 4) is 23.0 Å². The number of likely N-dealkylation sites (tertiary alicyclic amines) is 1. The third-order valence-electron chi connectivity index (χ3n) is 7.56. The van der Waals surface area contributed by atoms with E-state index in [0.717, 1.165) is 31.5 Å². The highest BCUT2D eigenvalue weighted by molar-refractivity contribution is 6.00. The Bertz CT molecular complexity index is 1010. The van der Waals surface area contributed by atoms with Crippen molar-refractivity contribution in [3.63, 3.8) is 0 Å². The molecule has 1 saturated heterocycles. The van der Waals surface area contributed by atoms with Crippen LogP contribution in [0, 0.1) is 0 Å². The predicted molar refractivity (Wildman–Crippen MR) is 142 cm³/mol. The summed E-state index contributed by atoms with van der Waals surface area (Å²) in [6.07, 6.45) is 6.31. The molecule has 0 spiro atoms. The number of carbonyl (C=O) groups excluding carboxylic acids is 1. The first-order valence-electron chi connectivity index (χ1n) is 13.1. The van der Waals surface area contributed by atoms with Crippen LogP contribution in [0.4, 0.5) is 5.69 Å². The highest BCUT2D eigenvalue weighted by Crippen LogP contribution is 2.44. The summed E-state index contributed by atoms with van der Waals surface area (Å²) in [7, 11) is 4.70. The average molecular weight is 497 g/mol. The molecular weight excluding hydrogens is 456 g/mol. The van der Waals surface area contributed by atoms with Gasteiger partial charge >= 0.3 is 0 Å². The second-order valence-corrected chi connectivity index (χ2v) is 9.84. The number of amides is 1. The number of anilines is 1. The summed E-state index contributed by atoms with van der Waals surface area (Å²) in [6, 6.07) is 12.7. The van der Waals surface area contributed by atoms with Gasteiger partial charge in [0.1, 0.15) is 5.75 Å². The van der Waals surface area contributed by atoms with Crippen LogP contribution >= 0.6 is 0 Å². The third kappa shape index (κ3) is 5.41. The molecule has 0 saturated carbocycles. The smallest absolute Gasteiger partial charge is 0.272 e. The number of hydrogen-bond acceptors (Lipinski definition) is 6. The van der Waals surface area contributed by atoms with Crippen molar-refractivity contribution < 1.29 is 23.7 Å². The van der Waals surface area contributed by atoms with Crippen molar-refractivity contribution in [2.45, 2.75) is 70.6 Å². The molecule has 1 fully saturated rings. The Kier molecular flexibility index (Phi) is 8.62. The normalized spacial score (nSPS) is 22.1. The largest absolute Gasteiger partial charge is 0.493 e. The first-order valence-corrected chi connectivity index (χ1v) is 13.1. The minimum atomic E-state index is -0.788. The number of ether oxygens (including phenoxy) is 4. The number of para-hydroxylation sites is 2. The van der Waals surface area contributed by atoms with E-state index in [1.54, 1.807) is 33.5 Å². The molecule has 2 aromatic rings. The standard InChI is InChI=1S/C29H40N2O5/c1-20-12-11-13-21(2)30(20)16-9-6-10-17-31-23-14-7-8-15-24(23)36-27(29(31)32)22-18-25(33-3)28(35-5)26(19-22)34-4/h7-8,14-15,18-21,27H,6,9-13,16-17H2,1-5H3. The van der Waals surface area contributed by atoms with Crippen molar-refractivity contribution in [1.29, 1.82) is 0 Å². The number of carbonyl (C=O) groups is 1. The molecule has 3 unspecified atom stereocenters. The molecule has 3 atom stereocenters. The summed E-state index contributed by atoms with van der Waals surface area (Å²) in [5.41, 5.74) is 1.49. The molecule has 0 aromatic heterocycles. The van der Waals surface area contributed by atoms with Gasteiger partial charge in [-0.15, -0.1) is 0 Å². The number of piperidine rings is 1. The van der Waals surface area contributed by atoms with E-state index in [0.29, 0.717) is 47.2 Å². The monoisotopic (exact) mass is 496 g/mol. The topological polar surface area (TPSA) is 60.5 Å². The number of unbranched alkanes of at least 4 members (excludes halogenated alkanes) is 2. The molecule has 1 amide bonds. The van der Waals surface area contributed by atoms with E-state index in [4.69, 9.17) is 18.9 Å². The van der Waals surface area contributed by atoms with Gasteiger partial charge in [0.05, 0.1) is 27.0 Å². The van der Waals surface area contributed by atoms with Gasteiger partial charge in [-0.3, -0.25) is 9.69 Å². The zero-order chi connectivity index (χ0) is 25.7. The van der Waals surface area contributed by atoms with Crippen LogP contribution in [-0.4, -0.2) is 57.3 Å². The summed E-state index contributed by atoms with van der Waals surface area (Å²) >= 11 is 0. The van der Waals surface area contributed by atoms with Gasteiger partial charge < -0.3 is 23.8 Å². The van der Waals surface area contributed by atoms with E-state index in [2.05, 4.69) is 18.7 Å². The quantitative estimate of drug-likeness (QED) is 0.399. The first kappa shape index (κ1) is 26.1. The fourth-order valence-electron chi connectivity index (χ4n) is 5.57. The Hall–Kier alpha value is -2.93. The van der Waals surface area contributed by atoms with Gasteiger partial charge in [0.2, 0.25) is 11.9 Å². The van der Waals surface area contributed by atoms with Crippen LogP contribution in [0.15, 0.2) is 36.4 Å². The Morgan fingerprint density at radius 3 is 2.17 bits per heavy atom. The van der Waals surface area contributed by atoms with E-state index < -0.39 is 6.10 Å². The second kappa shape index (κ2) is 11.9. The lowest BCUT2D eigenvalue weighted by Gasteiger charge is -2.39. The molecule has 0 radical (unpaired) electrons. The number of methoxy groups -OCH3 is 3. The predicted octanol–water partition coefficient (Wildman–Crippen LogP) is 5.61. The molecule has 0 bridgehead atoms. The van der Waals surface area contributed by atoms with Crippen molar-refractivity contribution in [3.05, 3.63) is 42.0 Å². The van der Waals surface area contributed by atoms with E-state index in [1.807, 2.05) is 29.2 Å². The lowest BCUT2D eigenvalue weighted by Crippen LogP contribution is -2.44. The van der Waals surface area contributed by atoms with Gasteiger partial charge in [-0.2, -0.15) is 0 Å². The van der Waals surface area contributed by atoms with Gasteiger partial charge in [0.25, 0.3) is 5.91 Å². The van der Waals surface area contributed by atoms with E-state index in [1.165, 1.54) is 19.3 Å². The molecule has 36 heavy (non-hydrogen) atoms. The van der Waals surface area contributed by atoms with Gasteiger partial charge in [0.15, 0.2) is 11.5 Å². The van der Waals surface area contributed by atoms with Crippen molar-refractivity contribution in [2.75, 3.05) is 39.3 Å². The van der Waals surface area contributed by atoms with Crippen molar-refractivity contribution in [1.82, 2.24) is 4.90 Å². The molecule has 2 aliphatic heterocycles. The Morgan fingerprint density at radius 2 is 1.53 bits per heavy atom. The number of benzene rings is 2. The fraction of sp³-hybridized carbons (Fsp3) is 0.552. The zero-order valence-electron chi connectivity index (χ0n) is 22.3. The van der Waals surface area contributed by atoms with Gasteiger partial charge in [-0.05, 0) is 70.3 Å². The summed E-state index contributed by atoms with van der Waals surface area (Å²) in [5, 5.41) is 0. The molecule has 0 aliphatic carbocycles. The summed E-state index contributed by atoms with van der Waals surface area (Å²) in [5.74, 6) is 2.10. The minimum Gasteiger partial charge on any atom is -0.493 e. The number of fused-ring (bicyclic) bond motifs is 1. The molecule has 0 N–H and O–H groups in total. The maximum absolute atomic E-state index is 13.7. The van der Waals surface area contributed by atoms with E-state index in [9.17, 15) is 4.79 Å². The molecule has 2 aliphatic rings. The molecule has 2 aromatic carbocycles. The van der Waals surface area contributed by atoms with Crippen LogP contribution < -0.4 is 23.8 Å². The van der Waals surface area contributed by atoms with Crippen molar-refractivity contribution >= 4 is 11.6 Å². The van der Waals surface area contributed by atoms with Crippen LogP contribution in [0.1, 0.15) is 64.0 Å². The molecule has 4 rings (SSSR count). The number of nitrogens with zero attached hydrogens (tertiary/aromatic N) is 2. The summed E-state index contributed by atoms with van der Waals surface area (Å²) < 4.78 is 22.7. The maximum atomic E-state index is 13.7. The second-order valence-electron chi connectivity index (χ2n) is 9.84. The van der Waals surface area contributed by atoms with Crippen molar-refractivity contribution in [2.24, 2.45) is 0 Å². The molecule has 7 heteroatoms. The average Bonchev–Trinajstić information content (AvgIpc) is 2.89. The van der Waals surface area contributed by atoms with Gasteiger partial charge in [-0.1, -0.05) is 25.0 Å². The van der Waals surface area contributed by atoms with Crippen LogP contribution in [0.2, 0.25) is 0 Å². The lowest BCUT2D eigenvalue weighted by atomic mass is 9.97. The van der Waals surface area contributed by atoms with E-state index in [-0.39, 0.29) is 5.91 Å². The third-order valence-corrected chi connectivity index (χ3v) is 7.56. The molecule has 7 nitrogen and oxygen atoms in total. The molecule has 196 valence electrons. The minimum absolute atomic E-state index is 0.0822. The Labute approximate surface area is 215 Å². The fourth-order valence-corrected chi connectivity index (χ4v) is 5.57. The van der Waals surface area contributed by atoms with Gasteiger partial charge in [0, 0.05) is 24.2 Å².